The highest BCUT2D eigenvalue weighted by Gasteiger charge is 2.35. The number of rotatable bonds is 3. The first-order chi connectivity index (χ1) is 11.3. The normalized spacial score (nSPS) is 20.8. The molecule has 0 saturated carbocycles. The van der Waals surface area contributed by atoms with E-state index in [2.05, 4.69) is 26.0 Å². The van der Waals surface area contributed by atoms with E-state index in [1.807, 2.05) is 24.3 Å². The number of amides is 1. The van der Waals surface area contributed by atoms with E-state index in [1.54, 1.807) is 12.1 Å². The van der Waals surface area contributed by atoms with Crippen LogP contribution in [0.3, 0.4) is 0 Å². The summed E-state index contributed by atoms with van der Waals surface area (Å²) in [5.74, 6) is -0.495. The van der Waals surface area contributed by atoms with Crippen molar-refractivity contribution < 1.29 is 22.7 Å². The van der Waals surface area contributed by atoms with Crippen LogP contribution >= 0.6 is 15.9 Å². The van der Waals surface area contributed by atoms with E-state index < -0.39 is 6.36 Å². The van der Waals surface area contributed by atoms with Gasteiger partial charge in [-0.25, -0.2) is 0 Å². The third kappa shape index (κ3) is 3.90. The van der Waals surface area contributed by atoms with E-state index in [0.29, 0.717) is 6.42 Å². The molecule has 1 aliphatic heterocycles. The van der Waals surface area contributed by atoms with Crippen LogP contribution in [-0.2, 0) is 4.79 Å². The molecule has 3 nitrogen and oxygen atoms in total. The zero-order chi connectivity index (χ0) is 17.3. The number of halogens is 4. The monoisotopic (exact) mass is 399 g/mol. The minimum Gasteiger partial charge on any atom is -0.406 e. The molecule has 1 heterocycles. The largest absolute Gasteiger partial charge is 0.573 e. The van der Waals surface area contributed by atoms with Crippen LogP contribution in [0.25, 0.3) is 0 Å². The Balaban J connectivity index is 1.83. The first kappa shape index (κ1) is 16.8. The van der Waals surface area contributed by atoms with Crippen molar-refractivity contribution in [3.05, 3.63) is 64.1 Å². The van der Waals surface area contributed by atoms with Gasteiger partial charge in [-0.3, -0.25) is 4.79 Å². The van der Waals surface area contributed by atoms with Gasteiger partial charge in [-0.1, -0.05) is 40.2 Å². The summed E-state index contributed by atoms with van der Waals surface area (Å²) in [5, 5.41) is 2.93. The number of carbonyl (C=O) groups excluding carboxylic acids is 1. The standard InChI is InChI=1S/C17H13BrF3NO2/c18-12-5-1-11(2-6-12)16-14(9-15(23)22-16)10-3-7-13(8-4-10)24-17(19,20)21/h1-8,14,16H,9H2,(H,22,23)/t14-,16-/m1/s1. The molecule has 2 aromatic carbocycles. The van der Waals surface area contributed by atoms with Gasteiger partial charge in [0.15, 0.2) is 0 Å². The Morgan fingerprint density at radius 1 is 1.00 bits per heavy atom. The SMILES string of the molecule is O=C1C[C@H](c2ccc(OC(F)(F)F)cc2)[C@@H](c2ccc(Br)cc2)N1. The number of ether oxygens (including phenoxy) is 1. The van der Waals surface area contributed by atoms with E-state index in [-0.39, 0.29) is 23.6 Å². The smallest absolute Gasteiger partial charge is 0.406 e. The Kier molecular flexibility index (Phi) is 4.54. The van der Waals surface area contributed by atoms with Crippen LogP contribution in [0.4, 0.5) is 13.2 Å². The molecule has 2 atom stereocenters. The Bertz CT molecular complexity index is 729. The second kappa shape index (κ2) is 6.47. The van der Waals surface area contributed by atoms with Crippen LogP contribution < -0.4 is 10.1 Å². The molecule has 0 spiro atoms. The second-order valence-corrected chi connectivity index (χ2v) is 6.44. The van der Waals surface area contributed by atoms with Crippen molar-refractivity contribution in [1.82, 2.24) is 5.32 Å². The molecule has 24 heavy (non-hydrogen) atoms. The van der Waals surface area contributed by atoms with Gasteiger partial charge >= 0.3 is 6.36 Å². The van der Waals surface area contributed by atoms with Gasteiger partial charge in [0.2, 0.25) is 5.91 Å². The van der Waals surface area contributed by atoms with Crippen molar-refractivity contribution in [2.75, 3.05) is 0 Å². The number of nitrogens with one attached hydrogen (secondary N) is 1. The molecule has 1 N–H and O–H groups in total. The van der Waals surface area contributed by atoms with Crippen molar-refractivity contribution in [2.24, 2.45) is 0 Å². The highest BCUT2D eigenvalue weighted by Crippen LogP contribution is 2.39. The van der Waals surface area contributed by atoms with E-state index in [1.165, 1.54) is 12.1 Å². The van der Waals surface area contributed by atoms with Crippen molar-refractivity contribution >= 4 is 21.8 Å². The molecule has 1 amide bonds. The Hall–Kier alpha value is -2.02. The molecule has 7 heteroatoms. The molecule has 0 bridgehead atoms. The number of carbonyl (C=O) groups is 1. The molecular weight excluding hydrogens is 387 g/mol. The number of hydrogen-bond donors (Lipinski definition) is 1. The van der Waals surface area contributed by atoms with Gasteiger partial charge in [0, 0.05) is 16.8 Å². The van der Waals surface area contributed by atoms with Gasteiger partial charge in [-0.05, 0) is 35.4 Å². The maximum atomic E-state index is 12.2. The molecule has 126 valence electrons. The lowest BCUT2D eigenvalue weighted by Crippen LogP contribution is -2.20. The highest BCUT2D eigenvalue weighted by molar-refractivity contribution is 9.10. The zero-order valence-electron chi connectivity index (χ0n) is 12.3. The third-order valence-electron chi connectivity index (χ3n) is 3.90. The molecular formula is C17H13BrF3NO2. The average molecular weight is 400 g/mol. The summed E-state index contributed by atoms with van der Waals surface area (Å²) in [7, 11) is 0. The van der Waals surface area contributed by atoms with Crippen LogP contribution in [-0.4, -0.2) is 12.3 Å². The van der Waals surface area contributed by atoms with Crippen LogP contribution in [0.2, 0.25) is 0 Å². The molecule has 3 rings (SSSR count). The van der Waals surface area contributed by atoms with Gasteiger partial charge in [0.25, 0.3) is 0 Å². The fraction of sp³-hybridized carbons (Fsp3) is 0.235. The first-order valence-corrected chi connectivity index (χ1v) is 8.02. The fourth-order valence-electron chi connectivity index (χ4n) is 2.86. The molecule has 2 aromatic rings. The van der Waals surface area contributed by atoms with E-state index in [0.717, 1.165) is 15.6 Å². The average Bonchev–Trinajstić information content (AvgIpc) is 2.89. The minimum absolute atomic E-state index is 0.0801. The lowest BCUT2D eigenvalue weighted by atomic mass is 9.88. The summed E-state index contributed by atoms with van der Waals surface area (Å²) in [4.78, 5) is 11.8. The van der Waals surface area contributed by atoms with Crippen molar-refractivity contribution in [2.45, 2.75) is 24.7 Å². The highest BCUT2D eigenvalue weighted by atomic mass is 79.9. The summed E-state index contributed by atoms with van der Waals surface area (Å²) in [6.07, 6.45) is -4.42. The van der Waals surface area contributed by atoms with Crippen molar-refractivity contribution in [1.29, 1.82) is 0 Å². The lowest BCUT2D eigenvalue weighted by molar-refractivity contribution is -0.274. The summed E-state index contributed by atoms with van der Waals surface area (Å²) in [5.41, 5.74) is 1.74. The third-order valence-corrected chi connectivity index (χ3v) is 4.42. The molecule has 0 aliphatic carbocycles. The number of alkyl halides is 3. The Labute approximate surface area is 144 Å². The maximum Gasteiger partial charge on any atom is 0.573 e. The Morgan fingerprint density at radius 3 is 2.17 bits per heavy atom. The summed E-state index contributed by atoms with van der Waals surface area (Å²) in [6.45, 7) is 0. The van der Waals surface area contributed by atoms with Gasteiger partial charge in [-0.2, -0.15) is 0 Å². The van der Waals surface area contributed by atoms with Gasteiger partial charge in [0.1, 0.15) is 5.75 Å². The quantitative estimate of drug-likeness (QED) is 0.812. The summed E-state index contributed by atoms with van der Waals surface area (Å²) >= 11 is 3.36. The Morgan fingerprint density at radius 2 is 1.58 bits per heavy atom. The molecule has 0 aromatic heterocycles. The van der Waals surface area contributed by atoms with Gasteiger partial charge in [-0.15, -0.1) is 13.2 Å². The molecule has 1 aliphatic rings. The minimum atomic E-state index is -4.72. The predicted octanol–water partition coefficient (Wildman–Crippen LogP) is 4.69. The summed E-state index contributed by atoms with van der Waals surface area (Å²) in [6, 6.07) is 13.1. The predicted molar refractivity (Wildman–Crippen MR) is 85.5 cm³/mol. The molecule has 1 saturated heterocycles. The zero-order valence-corrected chi connectivity index (χ0v) is 13.9. The van der Waals surface area contributed by atoms with Crippen LogP contribution in [0.15, 0.2) is 53.0 Å². The van der Waals surface area contributed by atoms with Crippen molar-refractivity contribution in [3.8, 4) is 5.75 Å². The topological polar surface area (TPSA) is 38.3 Å². The number of benzene rings is 2. The van der Waals surface area contributed by atoms with Crippen molar-refractivity contribution in [3.63, 3.8) is 0 Å². The van der Waals surface area contributed by atoms with E-state index in [9.17, 15) is 18.0 Å². The van der Waals surface area contributed by atoms with E-state index >= 15 is 0 Å². The van der Waals surface area contributed by atoms with Crippen LogP contribution in [0.5, 0.6) is 5.75 Å². The molecule has 0 radical (unpaired) electrons. The lowest BCUT2D eigenvalue weighted by Gasteiger charge is -2.20. The van der Waals surface area contributed by atoms with Gasteiger partial charge < -0.3 is 10.1 Å². The van der Waals surface area contributed by atoms with Gasteiger partial charge in [0.05, 0.1) is 6.04 Å². The fourth-order valence-corrected chi connectivity index (χ4v) is 3.13. The molecule has 0 unspecified atom stereocenters. The summed E-state index contributed by atoms with van der Waals surface area (Å²) < 4.78 is 41.5. The van der Waals surface area contributed by atoms with Crippen LogP contribution in [0, 0.1) is 0 Å². The first-order valence-electron chi connectivity index (χ1n) is 7.22. The second-order valence-electron chi connectivity index (χ2n) is 5.52. The number of hydrogen-bond acceptors (Lipinski definition) is 2. The maximum absolute atomic E-state index is 12.2. The molecule has 1 fully saturated rings. The van der Waals surface area contributed by atoms with E-state index in [4.69, 9.17) is 0 Å². The van der Waals surface area contributed by atoms with Crippen LogP contribution in [0.1, 0.15) is 29.5 Å².